The van der Waals surface area contributed by atoms with E-state index in [0.29, 0.717) is 33.4 Å². The van der Waals surface area contributed by atoms with Gasteiger partial charge >= 0.3 is 7.60 Å². The third kappa shape index (κ3) is 6.75. The van der Waals surface area contributed by atoms with Crippen LogP contribution in [0.5, 0.6) is 5.75 Å². The molecule has 230 valence electrons. The number of pyridine rings is 1. The minimum atomic E-state index is -3.79. The number of phenols is 1. The SMILES string of the molecule is CCOP(=O)(OCC)C(Nc1ccc(C)cc1)c1cc(Cn2cc(Cn3c(=O)cc(C)c4cc(F)ccc43)nn2)ccc1O. The van der Waals surface area contributed by atoms with E-state index in [9.17, 15) is 18.9 Å². The van der Waals surface area contributed by atoms with Gasteiger partial charge in [0.25, 0.3) is 5.56 Å². The van der Waals surface area contributed by atoms with Crippen molar-refractivity contribution in [3.63, 3.8) is 0 Å². The number of aryl methyl sites for hydroxylation is 2. The van der Waals surface area contributed by atoms with E-state index >= 15 is 0 Å². The van der Waals surface area contributed by atoms with Gasteiger partial charge in [-0.2, -0.15) is 0 Å². The normalized spacial score (nSPS) is 12.5. The minimum Gasteiger partial charge on any atom is -0.508 e. The van der Waals surface area contributed by atoms with Crippen LogP contribution >= 0.6 is 7.60 Å². The Labute approximate surface area is 254 Å². The third-order valence-corrected chi connectivity index (χ3v) is 9.48. The van der Waals surface area contributed by atoms with Crippen LogP contribution in [0.4, 0.5) is 10.1 Å². The van der Waals surface area contributed by atoms with Gasteiger partial charge in [0.05, 0.1) is 38.0 Å². The lowest BCUT2D eigenvalue weighted by Gasteiger charge is -2.29. The van der Waals surface area contributed by atoms with Crippen molar-refractivity contribution >= 4 is 24.2 Å². The molecule has 2 N–H and O–H groups in total. The van der Waals surface area contributed by atoms with E-state index < -0.39 is 13.4 Å². The second kappa shape index (κ2) is 13.1. The predicted molar refractivity (Wildman–Crippen MR) is 168 cm³/mol. The molecule has 2 heterocycles. The summed E-state index contributed by atoms with van der Waals surface area (Å²) < 4.78 is 42.5. The van der Waals surface area contributed by atoms with Crippen molar-refractivity contribution in [1.29, 1.82) is 0 Å². The van der Waals surface area contributed by atoms with Gasteiger partial charge in [-0.15, -0.1) is 5.10 Å². The van der Waals surface area contributed by atoms with E-state index in [4.69, 9.17) is 9.05 Å². The third-order valence-electron chi connectivity index (χ3n) is 7.21. The first-order chi connectivity index (χ1) is 21.1. The average Bonchev–Trinajstić information content (AvgIpc) is 3.43. The van der Waals surface area contributed by atoms with Crippen LogP contribution in [-0.2, 0) is 26.7 Å². The van der Waals surface area contributed by atoms with Crippen LogP contribution in [0.25, 0.3) is 10.9 Å². The van der Waals surface area contributed by atoms with Gasteiger partial charge in [-0.1, -0.05) is 29.0 Å². The molecule has 12 heteroatoms. The largest absolute Gasteiger partial charge is 0.508 e. The highest BCUT2D eigenvalue weighted by Crippen LogP contribution is 2.62. The first-order valence-electron chi connectivity index (χ1n) is 14.3. The van der Waals surface area contributed by atoms with Gasteiger partial charge in [0.1, 0.15) is 17.3 Å². The maximum atomic E-state index is 14.0. The molecule has 2 aromatic heterocycles. The van der Waals surface area contributed by atoms with Gasteiger partial charge in [0.2, 0.25) is 0 Å². The number of hydrogen-bond acceptors (Lipinski definition) is 8. The first kappa shape index (κ1) is 31.1. The van der Waals surface area contributed by atoms with Crippen molar-refractivity contribution in [1.82, 2.24) is 19.6 Å². The fourth-order valence-corrected chi connectivity index (χ4v) is 7.07. The number of hydrogen-bond donors (Lipinski definition) is 2. The number of phenolic OH excluding ortho intramolecular Hbond substituents is 1. The molecule has 1 atom stereocenters. The highest BCUT2D eigenvalue weighted by Gasteiger charge is 2.39. The average molecular weight is 620 g/mol. The molecular weight excluding hydrogens is 584 g/mol. The quantitative estimate of drug-likeness (QED) is 0.151. The van der Waals surface area contributed by atoms with Crippen LogP contribution in [0, 0.1) is 19.7 Å². The smallest absolute Gasteiger partial charge is 0.357 e. The Balaban J connectivity index is 1.44. The number of nitrogens with one attached hydrogen (secondary N) is 1. The number of benzene rings is 3. The van der Waals surface area contributed by atoms with Crippen LogP contribution in [0.15, 0.2) is 77.7 Å². The zero-order valence-electron chi connectivity index (χ0n) is 25.0. The zero-order valence-corrected chi connectivity index (χ0v) is 25.9. The zero-order chi connectivity index (χ0) is 31.4. The Kier molecular flexibility index (Phi) is 9.29. The van der Waals surface area contributed by atoms with E-state index in [1.807, 2.05) is 31.2 Å². The molecular formula is C32H35FN5O5P. The molecule has 5 rings (SSSR count). The maximum absolute atomic E-state index is 14.0. The predicted octanol–water partition coefficient (Wildman–Crippen LogP) is 6.53. The molecule has 0 radical (unpaired) electrons. The lowest BCUT2D eigenvalue weighted by molar-refractivity contribution is 0.213. The molecule has 0 amide bonds. The summed E-state index contributed by atoms with van der Waals surface area (Å²) in [4.78, 5) is 12.8. The summed E-state index contributed by atoms with van der Waals surface area (Å²) in [6, 6.07) is 18.4. The van der Waals surface area contributed by atoms with Crippen LogP contribution < -0.4 is 10.9 Å². The fraction of sp³-hybridized carbons (Fsp3) is 0.281. The lowest BCUT2D eigenvalue weighted by Crippen LogP contribution is -2.21. The van der Waals surface area contributed by atoms with E-state index in [0.717, 1.165) is 11.1 Å². The van der Waals surface area contributed by atoms with Crippen LogP contribution in [-0.4, -0.2) is 37.9 Å². The molecule has 10 nitrogen and oxygen atoms in total. The summed E-state index contributed by atoms with van der Waals surface area (Å²) >= 11 is 0. The Morgan fingerprint density at radius 3 is 2.41 bits per heavy atom. The highest BCUT2D eigenvalue weighted by atomic mass is 31.2. The molecule has 0 bridgehead atoms. The number of aromatic nitrogens is 4. The number of anilines is 1. The molecule has 0 aliphatic carbocycles. The molecule has 3 aromatic carbocycles. The number of aromatic hydroxyl groups is 1. The van der Waals surface area contributed by atoms with Crippen LogP contribution in [0.1, 0.15) is 47.6 Å². The summed E-state index contributed by atoms with van der Waals surface area (Å²) in [7, 11) is -3.79. The van der Waals surface area contributed by atoms with Gasteiger partial charge in [-0.3, -0.25) is 9.36 Å². The maximum Gasteiger partial charge on any atom is 0.357 e. The first-order valence-corrected chi connectivity index (χ1v) is 15.9. The molecule has 5 aromatic rings. The van der Waals surface area contributed by atoms with E-state index in [-0.39, 0.29) is 43.4 Å². The Morgan fingerprint density at radius 2 is 1.70 bits per heavy atom. The van der Waals surface area contributed by atoms with Crippen molar-refractivity contribution in [3.05, 3.63) is 117 Å². The van der Waals surface area contributed by atoms with Gasteiger partial charge in [-0.25, -0.2) is 9.07 Å². The Hall–Kier alpha value is -4.31. The topological polar surface area (TPSA) is 121 Å². The van der Waals surface area contributed by atoms with E-state index in [1.165, 1.54) is 28.8 Å². The highest BCUT2D eigenvalue weighted by molar-refractivity contribution is 7.54. The van der Waals surface area contributed by atoms with Crippen molar-refractivity contribution in [2.24, 2.45) is 0 Å². The summed E-state index contributed by atoms with van der Waals surface area (Å²) in [6.07, 6.45) is 1.72. The lowest BCUT2D eigenvalue weighted by atomic mass is 10.1. The van der Waals surface area contributed by atoms with Crippen LogP contribution in [0.2, 0.25) is 0 Å². The molecule has 0 aliphatic heterocycles. The van der Waals surface area contributed by atoms with Gasteiger partial charge in [-0.05, 0) is 81.3 Å². The summed E-state index contributed by atoms with van der Waals surface area (Å²) in [5.41, 5.74) is 4.46. The molecule has 0 saturated carbocycles. The van der Waals surface area contributed by atoms with E-state index in [1.54, 1.807) is 49.8 Å². The van der Waals surface area contributed by atoms with E-state index in [2.05, 4.69) is 15.6 Å². The number of fused-ring (bicyclic) bond motifs is 1. The molecule has 0 saturated heterocycles. The van der Waals surface area contributed by atoms with Gasteiger partial charge in [0.15, 0.2) is 5.78 Å². The monoisotopic (exact) mass is 619 g/mol. The Morgan fingerprint density at radius 1 is 0.977 bits per heavy atom. The summed E-state index contributed by atoms with van der Waals surface area (Å²) in [5, 5.41) is 23.4. The molecule has 0 fully saturated rings. The summed E-state index contributed by atoms with van der Waals surface area (Å²) in [6.45, 7) is 7.95. The second-order valence-corrected chi connectivity index (χ2v) is 12.6. The van der Waals surface area contributed by atoms with Crippen molar-refractivity contribution < 1.29 is 23.1 Å². The summed E-state index contributed by atoms with van der Waals surface area (Å²) in [5.74, 6) is -1.44. The van der Waals surface area contributed by atoms with Crippen molar-refractivity contribution in [2.75, 3.05) is 18.5 Å². The number of halogens is 1. The number of rotatable bonds is 12. The molecule has 44 heavy (non-hydrogen) atoms. The van der Waals surface area contributed by atoms with Gasteiger partial charge < -0.3 is 24.0 Å². The minimum absolute atomic E-state index is 0.0701. The molecule has 1 unspecified atom stereocenters. The van der Waals surface area contributed by atoms with Crippen molar-refractivity contribution in [3.8, 4) is 5.75 Å². The second-order valence-electron chi connectivity index (χ2n) is 10.5. The molecule has 0 aliphatic rings. The van der Waals surface area contributed by atoms with Crippen LogP contribution in [0.3, 0.4) is 0 Å². The van der Waals surface area contributed by atoms with Crippen molar-refractivity contribution in [2.45, 2.75) is 46.6 Å². The number of nitrogens with zero attached hydrogens (tertiary/aromatic N) is 4. The molecule has 0 spiro atoms. The Bertz CT molecular complexity index is 1880. The standard InChI is InChI=1S/C32H35FN5O5P/c1-5-42-44(41,43-6-2)32(34-25-11-7-21(3)8-12-25)28-16-23(9-14-30(28)39)18-37-19-26(35-36-37)20-38-29-13-10-24(33)17-27(29)22(4)15-31(38)40/h7-17,19,32,34,39H,5-6,18,20H2,1-4H3. The van der Waals surface area contributed by atoms with Gasteiger partial charge in [0, 0.05) is 22.7 Å². The fourth-order valence-electron chi connectivity index (χ4n) is 5.12.